The predicted octanol–water partition coefficient (Wildman–Crippen LogP) is 3.29. The summed E-state index contributed by atoms with van der Waals surface area (Å²) >= 11 is 0. The number of aryl methyl sites for hydroxylation is 1. The van der Waals surface area contributed by atoms with E-state index < -0.39 is 15.7 Å². The van der Waals surface area contributed by atoms with Gasteiger partial charge in [-0.2, -0.15) is 8.42 Å². The second-order valence-corrected chi connectivity index (χ2v) is 7.33. The van der Waals surface area contributed by atoms with Crippen LogP contribution in [0.4, 0.5) is 0 Å². The van der Waals surface area contributed by atoms with Gasteiger partial charge in [-0.3, -0.25) is 4.18 Å². The first-order chi connectivity index (χ1) is 9.12. The molecule has 114 valence electrons. The number of ether oxygens (including phenoxy) is 1. The summed E-state index contributed by atoms with van der Waals surface area (Å²) in [6.07, 6.45) is 0.635. The first kappa shape index (κ1) is 17.1. The van der Waals surface area contributed by atoms with E-state index in [9.17, 15) is 8.42 Å². The van der Waals surface area contributed by atoms with E-state index in [1.807, 2.05) is 20.8 Å². The molecule has 0 aliphatic rings. The maximum absolute atomic E-state index is 12.2. The van der Waals surface area contributed by atoms with Crippen molar-refractivity contribution in [2.75, 3.05) is 6.61 Å². The lowest BCUT2D eigenvalue weighted by atomic mass is 10.1. The van der Waals surface area contributed by atoms with Crippen LogP contribution in [0.15, 0.2) is 29.2 Å². The second kappa shape index (κ2) is 6.70. The van der Waals surface area contributed by atoms with E-state index >= 15 is 0 Å². The van der Waals surface area contributed by atoms with Crippen molar-refractivity contribution in [3.63, 3.8) is 0 Å². The van der Waals surface area contributed by atoms with Crippen molar-refractivity contribution < 1.29 is 17.3 Å². The molecule has 0 saturated carbocycles. The molecule has 0 atom stereocenters. The van der Waals surface area contributed by atoms with Crippen LogP contribution < -0.4 is 0 Å². The van der Waals surface area contributed by atoms with E-state index in [0.29, 0.717) is 13.0 Å². The summed E-state index contributed by atoms with van der Waals surface area (Å²) in [5.74, 6) is 0. The quantitative estimate of drug-likeness (QED) is 0.725. The fourth-order valence-electron chi connectivity index (χ4n) is 1.63. The molecular formula is C15H24O4S. The van der Waals surface area contributed by atoms with Gasteiger partial charge in [0.15, 0.2) is 0 Å². The Morgan fingerprint density at radius 1 is 1.15 bits per heavy atom. The Morgan fingerprint density at radius 2 is 1.70 bits per heavy atom. The van der Waals surface area contributed by atoms with Crippen molar-refractivity contribution in [1.82, 2.24) is 0 Å². The van der Waals surface area contributed by atoms with Crippen molar-refractivity contribution in [1.29, 1.82) is 0 Å². The van der Waals surface area contributed by atoms with Crippen LogP contribution in [0.1, 0.15) is 39.7 Å². The molecular weight excluding hydrogens is 276 g/mol. The SMILES string of the molecule is Cc1ccc(S(=O)(=O)OC(C)(C)CCOC(C)C)cc1. The van der Waals surface area contributed by atoms with E-state index in [1.54, 1.807) is 38.1 Å². The highest BCUT2D eigenvalue weighted by Gasteiger charge is 2.28. The lowest BCUT2D eigenvalue weighted by molar-refractivity contribution is 0.0263. The van der Waals surface area contributed by atoms with Crippen molar-refractivity contribution in [2.45, 2.75) is 57.6 Å². The molecule has 0 bridgehead atoms. The Kier molecular flexibility index (Phi) is 5.74. The molecule has 0 unspecified atom stereocenters. The molecule has 0 aliphatic carbocycles. The summed E-state index contributed by atoms with van der Waals surface area (Å²) in [7, 11) is -3.74. The molecule has 4 nitrogen and oxygen atoms in total. The summed E-state index contributed by atoms with van der Waals surface area (Å²) in [4.78, 5) is 0.181. The molecule has 0 radical (unpaired) electrons. The second-order valence-electron chi connectivity index (χ2n) is 5.78. The molecule has 5 heteroatoms. The van der Waals surface area contributed by atoms with Crippen LogP contribution in [0, 0.1) is 6.92 Å². The molecule has 20 heavy (non-hydrogen) atoms. The molecule has 1 aromatic rings. The number of rotatable bonds is 7. The van der Waals surface area contributed by atoms with Gasteiger partial charge >= 0.3 is 0 Å². The van der Waals surface area contributed by atoms with Gasteiger partial charge in [-0.25, -0.2) is 0 Å². The average Bonchev–Trinajstić information content (AvgIpc) is 2.26. The lowest BCUT2D eigenvalue weighted by Crippen LogP contribution is -2.30. The zero-order chi connectivity index (χ0) is 15.4. The summed E-state index contributed by atoms with van der Waals surface area (Å²) in [6, 6.07) is 6.63. The van der Waals surface area contributed by atoms with Crippen molar-refractivity contribution in [3.8, 4) is 0 Å². The van der Waals surface area contributed by atoms with E-state index in [-0.39, 0.29) is 11.0 Å². The fourth-order valence-corrected chi connectivity index (χ4v) is 2.88. The maximum atomic E-state index is 12.2. The third-order valence-electron chi connectivity index (χ3n) is 2.80. The molecule has 0 N–H and O–H groups in total. The highest BCUT2D eigenvalue weighted by molar-refractivity contribution is 7.86. The smallest absolute Gasteiger partial charge is 0.297 e. The third kappa shape index (κ3) is 5.61. The predicted molar refractivity (Wildman–Crippen MR) is 79.2 cm³/mol. The average molecular weight is 300 g/mol. The zero-order valence-electron chi connectivity index (χ0n) is 12.8. The molecule has 0 spiro atoms. The van der Waals surface area contributed by atoms with E-state index in [1.165, 1.54) is 0 Å². The highest BCUT2D eigenvalue weighted by Crippen LogP contribution is 2.23. The number of hydrogen-bond donors (Lipinski definition) is 0. The Hall–Kier alpha value is -0.910. The Balaban J connectivity index is 2.71. The van der Waals surface area contributed by atoms with Gasteiger partial charge in [-0.1, -0.05) is 17.7 Å². The molecule has 1 rings (SSSR count). The first-order valence-electron chi connectivity index (χ1n) is 6.76. The third-order valence-corrected chi connectivity index (χ3v) is 4.32. The first-order valence-corrected chi connectivity index (χ1v) is 8.17. The Morgan fingerprint density at radius 3 is 2.20 bits per heavy atom. The molecule has 0 fully saturated rings. The Labute approximate surface area is 122 Å². The van der Waals surface area contributed by atoms with Gasteiger partial charge in [0.05, 0.1) is 16.6 Å². The zero-order valence-corrected chi connectivity index (χ0v) is 13.7. The molecule has 0 aliphatic heterocycles. The molecule has 1 aromatic carbocycles. The van der Waals surface area contributed by atoms with Gasteiger partial charge in [-0.15, -0.1) is 0 Å². The number of hydrogen-bond acceptors (Lipinski definition) is 4. The van der Waals surface area contributed by atoms with Crippen molar-refractivity contribution in [3.05, 3.63) is 29.8 Å². The number of benzene rings is 1. The summed E-state index contributed by atoms with van der Waals surface area (Å²) in [6.45, 7) is 9.76. The molecule has 0 aromatic heterocycles. The maximum Gasteiger partial charge on any atom is 0.297 e. The van der Waals surface area contributed by atoms with Crippen molar-refractivity contribution >= 4 is 10.1 Å². The molecule has 0 heterocycles. The van der Waals surface area contributed by atoms with Crippen LogP contribution in [-0.4, -0.2) is 26.7 Å². The van der Waals surface area contributed by atoms with Crippen LogP contribution in [0.3, 0.4) is 0 Å². The van der Waals surface area contributed by atoms with Gasteiger partial charge in [0.25, 0.3) is 10.1 Å². The summed E-state index contributed by atoms with van der Waals surface area (Å²) < 4.78 is 35.2. The van der Waals surface area contributed by atoms with E-state index in [2.05, 4.69) is 0 Å². The molecule has 0 saturated heterocycles. The fraction of sp³-hybridized carbons (Fsp3) is 0.600. The van der Waals surface area contributed by atoms with Crippen LogP contribution in [0.25, 0.3) is 0 Å². The van der Waals surface area contributed by atoms with Gasteiger partial charge < -0.3 is 4.74 Å². The van der Waals surface area contributed by atoms with Gasteiger partial charge in [0.2, 0.25) is 0 Å². The van der Waals surface area contributed by atoms with Crippen LogP contribution in [-0.2, 0) is 19.0 Å². The monoisotopic (exact) mass is 300 g/mol. The normalized spacial score (nSPS) is 12.9. The molecule has 0 amide bonds. The lowest BCUT2D eigenvalue weighted by Gasteiger charge is -2.24. The van der Waals surface area contributed by atoms with Crippen LogP contribution >= 0.6 is 0 Å². The van der Waals surface area contributed by atoms with Gasteiger partial charge in [0, 0.05) is 13.0 Å². The summed E-state index contributed by atoms with van der Waals surface area (Å²) in [5.41, 5.74) is 0.215. The van der Waals surface area contributed by atoms with Crippen LogP contribution in [0.5, 0.6) is 0 Å². The Bertz CT molecular complexity index is 515. The van der Waals surface area contributed by atoms with E-state index in [0.717, 1.165) is 5.56 Å². The minimum absolute atomic E-state index is 0.125. The van der Waals surface area contributed by atoms with Crippen molar-refractivity contribution in [2.24, 2.45) is 0 Å². The highest BCUT2D eigenvalue weighted by atomic mass is 32.2. The minimum Gasteiger partial charge on any atom is -0.379 e. The minimum atomic E-state index is -3.74. The van der Waals surface area contributed by atoms with E-state index in [4.69, 9.17) is 8.92 Å². The van der Waals surface area contributed by atoms with Gasteiger partial charge in [-0.05, 0) is 46.8 Å². The van der Waals surface area contributed by atoms with Crippen LogP contribution in [0.2, 0.25) is 0 Å². The standard InChI is InChI=1S/C15H24O4S/c1-12(2)18-11-10-15(4,5)19-20(16,17)14-8-6-13(3)7-9-14/h6-9,12H,10-11H2,1-5H3. The summed E-state index contributed by atoms with van der Waals surface area (Å²) in [5, 5.41) is 0. The largest absolute Gasteiger partial charge is 0.379 e. The van der Waals surface area contributed by atoms with Gasteiger partial charge in [0.1, 0.15) is 0 Å². The topological polar surface area (TPSA) is 52.6 Å².